The Morgan fingerprint density at radius 1 is 0.309 bits per heavy atom. The summed E-state index contributed by atoms with van der Waals surface area (Å²) in [4.78, 5) is 38.1. The smallest absolute Gasteiger partial charge is 0.306 e. The predicted octanol–water partition coefficient (Wildman–Crippen LogP) is 19.6. The Balaban J connectivity index is 4.36. The monoisotopic (exact) mass is 951 g/mol. The first-order valence-corrected chi connectivity index (χ1v) is 29.3. The van der Waals surface area contributed by atoms with Crippen LogP contribution in [0.5, 0.6) is 0 Å². The molecule has 0 aliphatic heterocycles. The van der Waals surface area contributed by atoms with Gasteiger partial charge in [-0.1, -0.05) is 274 Å². The minimum Gasteiger partial charge on any atom is -0.462 e. The van der Waals surface area contributed by atoms with Crippen molar-refractivity contribution in [2.24, 2.45) is 0 Å². The van der Waals surface area contributed by atoms with Gasteiger partial charge in [-0.15, -0.1) is 0 Å². The lowest BCUT2D eigenvalue weighted by atomic mass is 10.0. The number of rotatable bonds is 53. The van der Waals surface area contributed by atoms with Crippen LogP contribution in [0, 0.1) is 0 Å². The van der Waals surface area contributed by atoms with E-state index in [1.54, 1.807) is 0 Å². The van der Waals surface area contributed by atoms with Gasteiger partial charge in [-0.25, -0.2) is 0 Å². The molecule has 0 spiro atoms. The molecule has 0 rings (SSSR count). The van der Waals surface area contributed by atoms with Gasteiger partial charge >= 0.3 is 17.9 Å². The second-order valence-electron chi connectivity index (χ2n) is 19.6. The van der Waals surface area contributed by atoms with Crippen LogP contribution in [-0.4, -0.2) is 37.2 Å². The molecule has 0 N–H and O–H groups in total. The molecule has 0 saturated carbocycles. The Labute approximate surface area is 421 Å². The van der Waals surface area contributed by atoms with Gasteiger partial charge in [0.1, 0.15) is 13.2 Å². The van der Waals surface area contributed by atoms with Gasteiger partial charge in [0.15, 0.2) is 6.10 Å². The van der Waals surface area contributed by atoms with E-state index in [0.717, 1.165) is 70.6 Å². The third-order valence-corrected chi connectivity index (χ3v) is 12.9. The number of hydrogen-bond donors (Lipinski definition) is 0. The van der Waals surface area contributed by atoms with Crippen LogP contribution in [0.4, 0.5) is 0 Å². The summed E-state index contributed by atoms with van der Waals surface area (Å²) in [6, 6.07) is 0. The first-order chi connectivity index (χ1) is 33.5. The average molecular weight is 952 g/mol. The van der Waals surface area contributed by atoms with Crippen molar-refractivity contribution in [3.8, 4) is 0 Å². The fourth-order valence-corrected chi connectivity index (χ4v) is 8.45. The van der Waals surface area contributed by atoms with E-state index in [1.807, 2.05) is 30.4 Å². The van der Waals surface area contributed by atoms with Crippen LogP contribution in [0.25, 0.3) is 0 Å². The molecule has 0 aromatic heterocycles. The van der Waals surface area contributed by atoms with E-state index in [9.17, 15) is 14.4 Å². The zero-order chi connectivity index (χ0) is 49.3. The molecule has 1 unspecified atom stereocenters. The van der Waals surface area contributed by atoms with Crippen LogP contribution in [0.2, 0.25) is 0 Å². The molecule has 394 valence electrons. The van der Waals surface area contributed by atoms with Gasteiger partial charge < -0.3 is 14.2 Å². The molecular formula is C62H110O6. The lowest BCUT2D eigenvalue weighted by molar-refractivity contribution is -0.167. The van der Waals surface area contributed by atoms with Crippen molar-refractivity contribution < 1.29 is 28.6 Å². The summed E-state index contributed by atoms with van der Waals surface area (Å²) < 4.78 is 16.8. The van der Waals surface area contributed by atoms with E-state index in [0.29, 0.717) is 19.3 Å². The van der Waals surface area contributed by atoms with Gasteiger partial charge in [-0.05, 0) is 64.2 Å². The van der Waals surface area contributed by atoms with E-state index >= 15 is 0 Å². The lowest BCUT2D eigenvalue weighted by Gasteiger charge is -2.18. The van der Waals surface area contributed by atoms with Crippen molar-refractivity contribution in [2.75, 3.05) is 13.2 Å². The van der Waals surface area contributed by atoms with Crippen LogP contribution in [0.15, 0.2) is 60.8 Å². The average Bonchev–Trinajstić information content (AvgIpc) is 3.34. The van der Waals surface area contributed by atoms with Crippen LogP contribution in [0.3, 0.4) is 0 Å². The summed E-state index contributed by atoms with van der Waals surface area (Å²) in [5, 5.41) is 0. The van der Waals surface area contributed by atoms with Gasteiger partial charge in [0.25, 0.3) is 0 Å². The summed E-state index contributed by atoms with van der Waals surface area (Å²) in [5.41, 5.74) is 0. The first kappa shape index (κ1) is 65.1. The highest BCUT2D eigenvalue weighted by atomic mass is 16.6. The zero-order valence-electron chi connectivity index (χ0n) is 45.1. The summed E-state index contributed by atoms with van der Waals surface area (Å²) in [6.45, 7) is 6.50. The predicted molar refractivity (Wildman–Crippen MR) is 293 cm³/mol. The van der Waals surface area contributed by atoms with Crippen LogP contribution >= 0.6 is 0 Å². The zero-order valence-corrected chi connectivity index (χ0v) is 45.1. The number of hydrogen-bond acceptors (Lipinski definition) is 6. The standard InChI is InChI=1S/C62H110O6/c1-4-7-10-13-16-19-22-25-27-29-31-33-34-37-40-43-46-49-52-55-61(64)67-58-59(57-66-60(63)54-51-48-45-42-39-36-24-21-18-15-12-9-6-3)68-62(65)56-53-50-47-44-41-38-35-32-30-28-26-23-20-17-14-11-8-5-2/h9,12,15,18,21,24,29,31,36,39,59H,4-8,10-11,13-14,16-17,19-20,22-23,25-28,30,32-35,37-38,40-58H2,1-3H3/b12-9+,18-15+,24-21+,31-29+,39-36+. The van der Waals surface area contributed by atoms with Crippen molar-refractivity contribution in [1.29, 1.82) is 0 Å². The van der Waals surface area contributed by atoms with Crippen molar-refractivity contribution in [3.05, 3.63) is 60.8 Å². The van der Waals surface area contributed by atoms with E-state index in [2.05, 4.69) is 51.2 Å². The Kier molecular flexibility index (Phi) is 54.3. The van der Waals surface area contributed by atoms with E-state index in [4.69, 9.17) is 14.2 Å². The number of carbonyl (C=O) groups is 3. The Morgan fingerprint density at radius 2 is 0.588 bits per heavy atom. The van der Waals surface area contributed by atoms with Gasteiger partial charge in [-0.2, -0.15) is 0 Å². The molecule has 0 bridgehead atoms. The first-order valence-electron chi connectivity index (χ1n) is 29.3. The maximum Gasteiger partial charge on any atom is 0.306 e. The van der Waals surface area contributed by atoms with Crippen LogP contribution < -0.4 is 0 Å². The van der Waals surface area contributed by atoms with Crippen molar-refractivity contribution in [1.82, 2.24) is 0 Å². The van der Waals surface area contributed by atoms with Crippen molar-refractivity contribution in [2.45, 2.75) is 303 Å². The molecular weight excluding hydrogens is 841 g/mol. The van der Waals surface area contributed by atoms with E-state index in [-0.39, 0.29) is 31.1 Å². The second kappa shape index (κ2) is 56.7. The minimum atomic E-state index is -0.790. The Bertz CT molecular complexity index is 1230. The topological polar surface area (TPSA) is 78.9 Å². The van der Waals surface area contributed by atoms with E-state index in [1.165, 1.54) is 186 Å². The molecule has 0 radical (unpaired) electrons. The SMILES string of the molecule is CC/C=C/C=C/C=C/C=C/CCCCCC(=O)OCC(COC(=O)CCCCCCCCC/C=C/CCCCCCCCCC)OC(=O)CCCCCCCCCCCCCCCCCCCC. The van der Waals surface area contributed by atoms with Crippen molar-refractivity contribution >= 4 is 17.9 Å². The van der Waals surface area contributed by atoms with Crippen molar-refractivity contribution in [3.63, 3.8) is 0 Å². The molecule has 0 aliphatic rings. The molecule has 68 heavy (non-hydrogen) atoms. The summed E-state index contributed by atoms with van der Waals surface area (Å²) in [6.07, 6.45) is 70.8. The molecule has 0 aromatic rings. The van der Waals surface area contributed by atoms with Crippen LogP contribution in [-0.2, 0) is 28.6 Å². The Hall–Kier alpha value is -2.89. The third kappa shape index (κ3) is 54.1. The molecule has 0 heterocycles. The summed E-state index contributed by atoms with van der Waals surface area (Å²) >= 11 is 0. The highest BCUT2D eigenvalue weighted by Gasteiger charge is 2.19. The molecule has 6 heteroatoms. The molecule has 0 fully saturated rings. The molecule has 1 atom stereocenters. The van der Waals surface area contributed by atoms with E-state index < -0.39 is 6.10 Å². The van der Waals surface area contributed by atoms with Gasteiger partial charge in [0.05, 0.1) is 0 Å². The molecule has 0 aromatic carbocycles. The maximum absolute atomic E-state index is 12.9. The number of allylic oxidation sites excluding steroid dienone is 10. The number of carbonyl (C=O) groups excluding carboxylic acids is 3. The maximum atomic E-state index is 12.9. The van der Waals surface area contributed by atoms with Gasteiger partial charge in [0, 0.05) is 19.3 Å². The normalized spacial score (nSPS) is 12.5. The fraction of sp³-hybridized carbons (Fsp3) is 0.790. The summed E-state index contributed by atoms with van der Waals surface area (Å²) in [5.74, 6) is -0.917. The van der Waals surface area contributed by atoms with Crippen LogP contribution in [0.1, 0.15) is 297 Å². The third-order valence-electron chi connectivity index (χ3n) is 12.9. The molecule has 0 saturated heterocycles. The number of unbranched alkanes of at least 4 members (excludes halogenated alkanes) is 35. The fourth-order valence-electron chi connectivity index (χ4n) is 8.45. The molecule has 0 amide bonds. The number of esters is 3. The summed E-state index contributed by atoms with van der Waals surface area (Å²) in [7, 11) is 0. The van der Waals surface area contributed by atoms with Gasteiger partial charge in [-0.3, -0.25) is 14.4 Å². The second-order valence-corrected chi connectivity index (χ2v) is 19.6. The molecule has 6 nitrogen and oxygen atoms in total. The van der Waals surface area contributed by atoms with Gasteiger partial charge in [0.2, 0.25) is 0 Å². The highest BCUT2D eigenvalue weighted by molar-refractivity contribution is 5.71. The molecule has 0 aliphatic carbocycles. The Morgan fingerprint density at radius 3 is 0.956 bits per heavy atom. The highest BCUT2D eigenvalue weighted by Crippen LogP contribution is 2.17. The largest absolute Gasteiger partial charge is 0.462 e. The quantitative estimate of drug-likeness (QED) is 0.0199. The lowest BCUT2D eigenvalue weighted by Crippen LogP contribution is -2.30. The number of ether oxygens (including phenoxy) is 3. The minimum absolute atomic E-state index is 0.0867.